The van der Waals surface area contributed by atoms with E-state index in [1.54, 1.807) is 0 Å². The van der Waals surface area contributed by atoms with Gasteiger partial charge in [-0.15, -0.1) is 0 Å². The number of carbonyl (C=O) groups excluding carboxylic acids is 1. The first-order valence-corrected chi connectivity index (χ1v) is 5.95. The van der Waals surface area contributed by atoms with E-state index < -0.39 is 0 Å². The van der Waals surface area contributed by atoms with Gasteiger partial charge in [-0.05, 0) is 25.2 Å². The molecular weight excluding hydrogens is 208 g/mol. The van der Waals surface area contributed by atoms with Crippen molar-refractivity contribution in [2.24, 2.45) is 5.92 Å². The molecule has 0 aromatic carbocycles. The molecule has 0 radical (unpaired) electrons. The highest BCUT2D eigenvalue weighted by Gasteiger charge is 2.17. The molecule has 1 aliphatic heterocycles. The Morgan fingerprint density at radius 3 is 3.06 bits per heavy atom. The third kappa shape index (κ3) is 5.32. The Hall–Kier alpha value is -0.810. The summed E-state index contributed by atoms with van der Waals surface area (Å²) >= 11 is 0. The number of hydrogen-bond donors (Lipinski definition) is 3. The first-order chi connectivity index (χ1) is 7.72. The molecule has 5 heteroatoms. The number of urea groups is 1. The summed E-state index contributed by atoms with van der Waals surface area (Å²) in [5.41, 5.74) is 0. The Morgan fingerprint density at radius 2 is 2.44 bits per heavy atom. The fraction of sp³-hybridized carbons (Fsp3) is 0.909. The van der Waals surface area contributed by atoms with Gasteiger partial charge >= 0.3 is 6.03 Å². The van der Waals surface area contributed by atoms with E-state index >= 15 is 0 Å². The van der Waals surface area contributed by atoms with Gasteiger partial charge in [-0.1, -0.05) is 6.92 Å². The second kappa shape index (κ2) is 7.46. The molecule has 94 valence electrons. The number of aliphatic hydroxyl groups is 1. The monoisotopic (exact) mass is 230 g/mol. The minimum atomic E-state index is -0.118. The first kappa shape index (κ1) is 13.3. The Balaban J connectivity index is 1.97. The predicted molar refractivity (Wildman–Crippen MR) is 61.2 cm³/mol. The average Bonchev–Trinajstić information content (AvgIpc) is 2.76. The first-order valence-electron chi connectivity index (χ1n) is 5.95. The summed E-state index contributed by atoms with van der Waals surface area (Å²) in [4.78, 5) is 11.4. The summed E-state index contributed by atoms with van der Waals surface area (Å²) < 4.78 is 5.16. The molecule has 0 aromatic rings. The average molecular weight is 230 g/mol. The van der Waals surface area contributed by atoms with Crippen molar-refractivity contribution in [1.82, 2.24) is 10.6 Å². The maximum absolute atomic E-state index is 11.4. The van der Waals surface area contributed by atoms with Crippen molar-refractivity contribution in [3.63, 3.8) is 0 Å². The van der Waals surface area contributed by atoms with E-state index in [-0.39, 0.29) is 18.7 Å². The molecular formula is C11H22N2O3. The van der Waals surface area contributed by atoms with Crippen molar-refractivity contribution < 1.29 is 14.6 Å². The third-order valence-corrected chi connectivity index (χ3v) is 2.74. The van der Waals surface area contributed by atoms with Crippen molar-refractivity contribution in [1.29, 1.82) is 0 Å². The Kier molecular flexibility index (Phi) is 6.18. The second-order valence-electron chi connectivity index (χ2n) is 4.39. The highest BCUT2D eigenvalue weighted by molar-refractivity contribution is 5.74. The van der Waals surface area contributed by atoms with Gasteiger partial charge in [0.1, 0.15) is 0 Å². The van der Waals surface area contributed by atoms with Crippen molar-refractivity contribution >= 4 is 6.03 Å². The van der Waals surface area contributed by atoms with Gasteiger partial charge in [0.2, 0.25) is 0 Å². The van der Waals surface area contributed by atoms with Crippen LogP contribution in [0.3, 0.4) is 0 Å². The standard InChI is InChI=1S/C11H22N2O3/c1-9(7-14)3-2-5-12-11(15)13-10-4-6-16-8-10/h9-10,14H,2-8H2,1H3,(H2,12,13,15). The predicted octanol–water partition coefficient (Wildman–Crippen LogP) is 0.483. The SMILES string of the molecule is CC(CO)CCCNC(=O)NC1CCOC1. The normalized spacial score (nSPS) is 21.8. The van der Waals surface area contributed by atoms with Crippen LogP contribution in [0.15, 0.2) is 0 Å². The number of rotatable bonds is 6. The van der Waals surface area contributed by atoms with Crippen LogP contribution in [0.1, 0.15) is 26.2 Å². The zero-order valence-electron chi connectivity index (χ0n) is 9.87. The Morgan fingerprint density at radius 1 is 1.62 bits per heavy atom. The lowest BCUT2D eigenvalue weighted by atomic mass is 10.1. The van der Waals surface area contributed by atoms with Crippen LogP contribution in [0.2, 0.25) is 0 Å². The van der Waals surface area contributed by atoms with Crippen molar-refractivity contribution in [3.8, 4) is 0 Å². The molecule has 5 nitrogen and oxygen atoms in total. The number of aliphatic hydroxyl groups excluding tert-OH is 1. The van der Waals surface area contributed by atoms with Gasteiger partial charge in [-0.25, -0.2) is 4.79 Å². The van der Waals surface area contributed by atoms with Crippen LogP contribution in [0.5, 0.6) is 0 Å². The molecule has 0 aromatic heterocycles. The van der Waals surface area contributed by atoms with Gasteiger partial charge in [0.05, 0.1) is 12.6 Å². The minimum Gasteiger partial charge on any atom is -0.396 e. The fourth-order valence-corrected chi connectivity index (χ4v) is 1.63. The molecule has 2 atom stereocenters. The van der Waals surface area contributed by atoms with Crippen LogP contribution >= 0.6 is 0 Å². The van der Waals surface area contributed by atoms with Crippen LogP contribution in [-0.2, 0) is 4.74 Å². The van der Waals surface area contributed by atoms with Crippen molar-refractivity contribution in [3.05, 3.63) is 0 Å². The molecule has 16 heavy (non-hydrogen) atoms. The summed E-state index contributed by atoms with van der Waals surface area (Å²) in [6.07, 6.45) is 2.73. The zero-order valence-corrected chi connectivity index (χ0v) is 9.87. The maximum atomic E-state index is 11.4. The molecule has 1 aliphatic rings. The Labute approximate surface area is 96.6 Å². The number of ether oxygens (including phenoxy) is 1. The lowest BCUT2D eigenvalue weighted by Gasteiger charge is -2.12. The molecule has 0 bridgehead atoms. The van der Waals surface area contributed by atoms with Crippen molar-refractivity contribution in [2.75, 3.05) is 26.4 Å². The van der Waals surface area contributed by atoms with Crippen LogP contribution in [0.25, 0.3) is 0 Å². The van der Waals surface area contributed by atoms with Crippen LogP contribution in [-0.4, -0.2) is 43.5 Å². The second-order valence-corrected chi connectivity index (χ2v) is 4.39. The summed E-state index contributed by atoms with van der Waals surface area (Å²) in [5, 5.41) is 14.5. The lowest BCUT2D eigenvalue weighted by molar-refractivity contribution is 0.188. The zero-order chi connectivity index (χ0) is 11.8. The molecule has 0 spiro atoms. The maximum Gasteiger partial charge on any atom is 0.315 e. The largest absolute Gasteiger partial charge is 0.396 e. The molecule has 1 fully saturated rings. The highest BCUT2D eigenvalue weighted by Crippen LogP contribution is 2.03. The molecule has 0 saturated carbocycles. The molecule has 1 rings (SSSR count). The lowest BCUT2D eigenvalue weighted by Crippen LogP contribution is -2.42. The highest BCUT2D eigenvalue weighted by atomic mass is 16.5. The van der Waals surface area contributed by atoms with Gasteiger partial charge < -0.3 is 20.5 Å². The molecule has 0 aliphatic carbocycles. The number of carbonyl (C=O) groups is 1. The molecule has 2 unspecified atom stereocenters. The van der Waals surface area contributed by atoms with Gasteiger partial charge in [0, 0.05) is 19.8 Å². The van der Waals surface area contributed by atoms with E-state index in [2.05, 4.69) is 10.6 Å². The van der Waals surface area contributed by atoms with E-state index in [0.717, 1.165) is 25.9 Å². The van der Waals surface area contributed by atoms with E-state index in [4.69, 9.17) is 9.84 Å². The smallest absolute Gasteiger partial charge is 0.315 e. The molecule has 3 N–H and O–H groups in total. The van der Waals surface area contributed by atoms with E-state index in [9.17, 15) is 4.79 Å². The fourth-order valence-electron chi connectivity index (χ4n) is 1.63. The minimum absolute atomic E-state index is 0.118. The summed E-state index contributed by atoms with van der Waals surface area (Å²) in [5.74, 6) is 0.313. The number of hydrogen-bond acceptors (Lipinski definition) is 3. The van der Waals surface area contributed by atoms with E-state index in [1.165, 1.54) is 0 Å². The summed E-state index contributed by atoms with van der Waals surface area (Å²) in [6, 6.07) is 0.0449. The number of nitrogens with one attached hydrogen (secondary N) is 2. The quantitative estimate of drug-likeness (QED) is 0.581. The summed E-state index contributed by atoms with van der Waals surface area (Å²) in [7, 11) is 0. The Bertz CT molecular complexity index is 205. The van der Waals surface area contributed by atoms with Gasteiger partial charge in [0.15, 0.2) is 0 Å². The topological polar surface area (TPSA) is 70.6 Å². The third-order valence-electron chi connectivity index (χ3n) is 2.74. The molecule has 2 amide bonds. The van der Waals surface area contributed by atoms with Crippen LogP contribution in [0, 0.1) is 5.92 Å². The van der Waals surface area contributed by atoms with Gasteiger partial charge in [-0.3, -0.25) is 0 Å². The van der Waals surface area contributed by atoms with Crippen molar-refractivity contribution in [2.45, 2.75) is 32.2 Å². The van der Waals surface area contributed by atoms with E-state index in [1.807, 2.05) is 6.92 Å². The van der Waals surface area contributed by atoms with Gasteiger partial charge in [0.25, 0.3) is 0 Å². The molecule has 1 heterocycles. The number of amides is 2. The van der Waals surface area contributed by atoms with E-state index in [0.29, 0.717) is 19.1 Å². The molecule has 1 saturated heterocycles. The summed E-state index contributed by atoms with van der Waals surface area (Å²) in [6.45, 7) is 4.22. The van der Waals surface area contributed by atoms with Crippen LogP contribution in [0.4, 0.5) is 4.79 Å². The van der Waals surface area contributed by atoms with Gasteiger partial charge in [-0.2, -0.15) is 0 Å². The van der Waals surface area contributed by atoms with Crippen LogP contribution < -0.4 is 10.6 Å².